The molecular formula is C12H14O3. The number of ether oxygens (including phenoxy) is 1. The Kier molecular flexibility index (Phi) is 4.41. The highest BCUT2D eigenvalue weighted by Gasteiger charge is 2.01. The minimum absolute atomic E-state index is 0.0940. The van der Waals surface area contributed by atoms with Crippen molar-refractivity contribution in [3.8, 4) is 11.5 Å². The highest BCUT2D eigenvalue weighted by Crippen LogP contribution is 2.27. The van der Waals surface area contributed by atoms with Gasteiger partial charge in [-0.15, -0.1) is 0 Å². The Hall–Kier alpha value is -1.77. The van der Waals surface area contributed by atoms with Crippen LogP contribution in [0.2, 0.25) is 0 Å². The van der Waals surface area contributed by atoms with Gasteiger partial charge < -0.3 is 9.84 Å². The highest BCUT2D eigenvalue weighted by molar-refractivity contribution is 5.74. The lowest BCUT2D eigenvalue weighted by molar-refractivity contribution is -0.104. The molecule has 0 unspecified atom stereocenters. The summed E-state index contributed by atoms with van der Waals surface area (Å²) in [4.78, 5) is 10.1. The number of hydrogen-bond acceptors (Lipinski definition) is 3. The highest BCUT2D eigenvalue weighted by atomic mass is 16.5. The first-order valence-electron chi connectivity index (χ1n) is 4.85. The van der Waals surface area contributed by atoms with E-state index in [9.17, 15) is 9.90 Å². The van der Waals surface area contributed by atoms with Crippen LogP contribution in [0.15, 0.2) is 24.3 Å². The van der Waals surface area contributed by atoms with Gasteiger partial charge >= 0.3 is 0 Å². The molecule has 1 aromatic rings. The number of hydrogen-bond donors (Lipinski definition) is 1. The van der Waals surface area contributed by atoms with Crippen LogP contribution in [-0.2, 0) is 4.79 Å². The molecule has 0 fully saturated rings. The van der Waals surface area contributed by atoms with Crippen molar-refractivity contribution in [2.45, 2.75) is 13.3 Å². The lowest BCUT2D eigenvalue weighted by atomic mass is 10.2. The van der Waals surface area contributed by atoms with Gasteiger partial charge in [-0.3, -0.25) is 4.79 Å². The molecule has 0 saturated carbocycles. The smallest absolute Gasteiger partial charge is 0.160 e. The Morgan fingerprint density at radius 1 is 1.47 bits per heavy atom. The maximum Gasteiger partial charge on any atom is 0.160 e. The van der Waals surface area contributed by atoms with E-state index in [-0.39, 0.29) is 5.75 Å². The number of allylic oxidation sites excluding steroid dienone is 1. The fourth-order valence-electron chi connectivity index (χ4n) is 1.12. The van der Waals surface area contributed by atoms with Crippen LogP contribution in [0, 0.1) is 0 Å². The molecule has 0 atom stereocenters. The third kappa shape index (κ3) is 3.46. The summed E-state index contributed by atoms with van der Waals surface area (Å²) in [6.07, 6.45) is 4.59. The van der Waals surface area contributed by atoms with Crippen molar-refractivity contribution in [1.29, 1.82) is 0 Å². The number of benzene rings is 1. The van der Waals surface area contributed by atoms with Gasteiger partial charge in [0.2, 0.25) is 0 Å². The molecule has 1 N–H and O–H groups in total. The molecule has 0 radical (unpaired) electrons. The summed E-state index contributed by atoms with van der Waals surface area (Å²) in [5.41, 5.74) is 0.767. The van der Waals surface area contributed by atoms with E-state index in [1.165, 1.54) is 6.08 Å². The summed E-state index contributed by atoms with van der Waals surface area (Å²) in [6.45, 7) is 2.58. The molecule has 3 heteroatoms. The molecule has 0 aliphatic heterocycles. The summed E-state index contributed by atoms with van der Waals surface area (Å²) in [7, 11) is 0. The minimum Gasteiger partial charge on any atom is -0.504 e. The van der Waals surface area contributed by atoms with Crippen LogP contribution in [0.25, 0.3) is 6.08 Å². The van der Waals surface area contributed by atoms with Gasteiger partial charge in [0.15, 0.2) is 11.5 Å². The second-order valence-corrected chi connectivity index (χ2v) is 3.07. The topological polar surface area (TPSA) is 46.5 Å². The molecule has 0 bridgehead atoms. The number of aldehydes is 1. The Balaban J connectivity index is 2.78. The number of phenols is 1. The molecule has 0 amide bonds. The first-order valence-corrected chi connectivity index (χ1v) is 4.85. The van der Waals surface area contributed by atoms with Crippen molar-refractivity contribution >= 4 is 12.4 Å². The van der Waals surface area contributed by atoms with Crippen LogP contribution in [0.5, 0.6) is 11.5 Å². The van der Waals surface area contributed by atoms with E-state index >= 15 is 0 Å². The molecule has 0 aliphatic carbocycles. The predicted molar refractivity (Wildman–Crippen MR) is 59.0 cm³/mol. The number of aromatic hydroxyl groups is 1. The average Bonchev–Trinajstić information content (AvgIpc) is 2.25. The van der Waals surface area contributed by atoms with Crippen LogP contribution in [0.4, 0.5) is 0 Å². The van der Waals surface area contributed by atoms with Crippen LogP contribution in [0.3, 0.4) is 0 Å². The van der Waals surface area contributed by atoms with Gasteiger partial charge in [0.25, 0.3) is 0 Å². The Labute approximate surface area is 89.0 Å². The molecule has 0 heterocycles. The van der Waals surface area contributed by atoms with Crippen LogP contribution < -0.4 is 4.74 Å². The minimum atomic E-state index is 0.0940. The monoisotopic (exact) mass is 206 g/mol. The maximum atomic E-state index is 10.1. The molecule has 1 rings (SSSR count). The van der Waals surface area contributed by atoms with Crippen molar-refractivity contribution < 1.29 is 14.6 Å². The quantitative estimate of drug-likeness (QED) is 0.594. The summed E-state index contributed by atoms with van der Waals surface area (Å²) < 4.78 is 5.30. The van der Waals surface area contributed by atoms with Crippen LogP contribution in [0.1, 0.15) is 18.9 Å². The third-order valence-corrected chi connectivity index (χ3v) is 1.81. The molecular weight excluding hydrogens is 192 g/mol. The largest absolute Gasteiger partial charge is 0.504 e. The van der Waals surface area contributed by atoms with E-state index in [0.717, 1.165) is 12.0 Å². The van der Waals surface area contributed by atoms with Gasteiger partial charge in [-0.2, -0.15) is 0 Å². The van der Waals surface area contributed by atoms with E-state index in [1.54, 1.807) is 24.3 Å². The van der Waals surface area contributed by atoms with Crippen LogP contribution in [-0.4, -0.2) is 18.0 Å². The second kappa shape index (κ2) is 5.86. The van der Waals surface area contributed by atoms with Gasteiger partial charge in [-0.1, -0.05) is 19.1 Å². The Morgan fingerprint density at radius 2 is 2.27 bits per heavy atom. The zero-order valence-corrected chi connectivity index (χ0v) is 8.64. The SMILES string of the molecule is CCCOc1ccc(/C=C/C=O)cc1O. The van der Waals surface area contributed by atoms with Crippen molar-refractivity contribution in [1.82, 2.24) is 0 Å². The molecule has 1 aromatic carbocycles. The molecule has 15 heavy (non-hydrogen) atoms. The number of phenolic OH excluding ortho intramolecular Hbond substituents is 1. The van der Waals surface area contributed by atoms with Gasteiger partial charge in [0.05, 0.1) is 6.61 Å². The molecule has 0 aliphatic rings. The van der Waals surface area contributed by atoms with Crippen molar-refractivity contribution in [3.05, 3.63) is 29.8 Å². The maximum absolute atomic E-state index is 10.1. The molecule has 0 spiro atoms. The Bertz CT molecular complexity index is 356. The average molecular weight is 206 g/mol. The summed E-state index contributed by atoms with van der Waals surface area (Å²) in [6, 6.07) is 5.03. The van der Waals surface area contributed by atoms with Gasteiger partial charge in [-0.05, 0) is 30.2 Å². The summed E-state index contributed by atoms with van der Waals surface area (Å²) in [5.74, 6) is 0.566. The first-order chi connectivity index (χ1) is 7.27. The zero-order valence-electron chi connectivity index (χ0n) is 8.64. The second-order valence-electron chi connectivity index (χ2n) is 3.07. The molecule has 80 valence electrons. The lowest BCUT2D eigenvalue weighted by Gasteiger charge is -2.06. The predicted octanol–water partition coefficient (Wildman–Crippen LogP) is 2.39. The fraction of sp³-hybridized carbons (Fsp3) is 0.250. The molecule has 0 aromatic heterocycles. The van der Waals surface area contributed by atoms with Crippen molar-refractivity contribution in [2.24, 2.45) is 0 Å². The standard InChI is InChI=1S/C12H14O3/c1-2-8-15-12-6-5-10(4-3-7-13)9-11(12)14/h3-7,9,14H,2,8H2,1H3/b4-3+. The number of carbonyl (C=O) groups is 1. The Morgan fingerprint density at radius 3 is 2.87 bits per heavy atom. The molecule has 3 nitrogen and oxygen atoms in total. The van der Waals surface area contributed by atoms with E-state index in [2.05, 4.69) is 0 Å². The van der Waals surface area contributed by atoms with Gasteiger partial charge in [0, 0.05) is 0 Å². The molecule has 0 saturated heterocycles. The van der Waals surface area contributed by atoms with Crippen molar-refractivity contribution in [3.63, 3.8) is 0 Å². The number of rotatable bonds is 5. The fourth-order valence-corrected chi connectivity index (χ4v) is 1.12. The van der Waals surface area contributed by atoms with Gasteiger partial charge in [-0.25, -0.2) is 0 Å². The first kappa shape index (κ1) is 11.3. The lowest BCUT2D eigenvalue weighted by Crippen LogP contribution is -1.95. The third-order valence-electron chi connectivity index (χ3n) is 1.81. The van der Waals surface area contributed by atoms with Gasteiger partial charge in [0.1, 0.15) is 6.29 Å². The van der Waals surface area contributed by atoms with Crippen LogP contribution >= 0.6 is 0 Å². The van der Waals surface area contributed by atoms with E-state index < -0.39 is 0 Å². The van der Waals surface area contributed by atoms with E-state index in [4.69, 9.17) is 4.74 Å². The van der Waals surface area contributed by atoms with E-state index in [1.807, 2.05) is 6.92 Å². The zero-order chi connectivity index (χ0) is 11.1. The number of carbonyl (C=O) groups excluding carboxylic acids is 1. The summed E-state index contributed by atoms with van der Waals surface area (Å²) in [5, 5.41) is 9.57. The summed E-state index contributed by atoms with van der Waals surface area (Å²) >= 11 is 0. The van der Waals surface area contributed by atoms with Crippen molar-refractivity contribution in [2.75, 3.05) is 6.61 Å². The normalized spacial score (nSPS) is 10.5. The van der Waals surface area contributed by atoms with E-state index in [0.29, 0.717) is 18.6 Å².